The van der Waals surface area contributed by atoms with Crippen LogP contribution < -0.4 is 10.1 Å². The summed E-state index contributed by atoms with van der Waals surface area (Å²) in [6, 6.07) is 6.32. The van der Waals surface area contributed by atoms with E-state index in [0.717, 1.165) is 22.9 Å². The highest BCUT2D eigenvalue weighted by atomic mass is 32.1. The van der Waals surface area contributed by atoms with E-state index in [1.807, 2.05) is 17.6 Å². The lowest BCUT2D eigenvalue weighted by Crippen LogP contribution is -2.26. The van der Waals surface area contributed by atoms with Crippen LogP contribution in [0.25, 0.3) is 0 Å². The third-order valence-corrected chi connectivity index (χ3v) is 3.95. The lowest BCUT2D eigenvalue weighted by Gasteiger charge is -2.18. The molecule has 0 spiro atoms. The van der Waals surface area contributed by atoms with Crippen LogP contribution >= 0.6 is 11.3 Å². The standard InChI is InChI=1S/C15H20N2O2S/c1-11-10-12(4-5-13(11)19-3)14(16-6-8-18-2)15-17-7-9-20-15/h4-5,7,9-10,14,16H,6,8H2,1-3H3. The Morgan fingerprint density at radius 2 is 2.20 bits per heavy atom. The summed E-state index contributed by atoms with van der Waals surface area (Å²) >= 11 is 1.65. The number of benzene rings is 1. The lowest BCUT2D eigenvalue weighted by atomic mass is 10.0. The van der Waals surface area contributed by atoms with Crippen LogP contribution in [0, 0.1) is 6.92 Å². The summed E-state index contributed by atoms with van der Waals surface area (Å²) in [5, 5.41) is 6.54. The van der Waals surface area contributed by atoms with Gasteiger partial charge in [-0.2, -0.15) is 0 Å². The van der Waals surface area contributed by atoms with Gasteiger partial charge in [0.1, 0.15) is 10.8 Å². The number of aromatic nitrogens is 1. The molecule has 108 valence electrons. The van der Waals surface area contributed by atoms with Gasteiger partial charge in [-0.25, -0.2) is 4.98 Å². The van der Waals surface area contributed by atoms with Crippen molar-refractivity contribution in [2.45, 2.75) is 13.0 Å². The quantitative estimate of drug-likeness (QED) is 0.797. The molecule has 1 aromatic heterocycles. The van der Waals surface area contributed by atoms with E-state index in [1.54, 1.807) is 25.6 Å². The average molecular weight is 292 g/mol. The first-order valence-corrected chi connectivity index (χ1v) is 7.40. The minimum atomic E-state index is 0.0924. The molecule has 2 rings (SSSR count). The number of nitrogens with one attached hydrogen (secondary N) is 1. The zero-order chi connectivity index (χ0) is 14.4. The molecule has 4 nitrogen and oxygen atoms in total. The van der Waals surface area contributed by atoms with E-state index in [9.17, 15) is 0 Å². The van der Waals surface area contributed by atoms with Gasteiger partial charge in [0.2, 0.25) is 0 Å². The Kier molecular flexibility index (Phi) is 5.52. The summed E-state index contributed by atoms with van der Waals surface area (Å²) in [5.74, 6) is 0.906. The van der Waals surface area contributed by atoms with Crippen LogP contribution in [-0.2, 0) is 4.74 Å². The van der Waals surface area contributed by atoms with Gasteiger partial charge in [0.25, 0.3) is 0 Å². The molecule has 0 amide bonds. The maximum Gasteiger partial charge on any atom is 0.121 e. The van der Waals surface area contributed by atoms with Crippen molar-refractivity contribution in [2.75, 3.05) is 27.4 Å². The molecule has 0 radical (unpaired) electrons. The molecule has 1 unspecified atom stereocenters. The molecule has 0 aliphatic heterocycles. The highest BCUT2D eigenvalue weighted by Crippen LogP contribution is 2.27. The number of hydrogen-bond donors (Lipinski definition) is 1. The van der Waals surface area contributed by atoms with E-state index < -0.39 is 0 Å². The fourth-order valence-electron chi connectivity index (χ4n) is 2.11. The van der Waals surface area contributed by atoms with Crippen molar-refractivity contribution in [1.29, 1.82) is 0 Å². The van der Waals surface area contributed by atoms with Gasteiger partial charge in [-0.1, -0.05) is 12.1 Å². The molecule has 0 saturated carbocycles. The Bertz CT molecular complexity index is 529. The van der Waals surface area contributed by atoms with Crippen LogP contribution in [0.4, 0.5) is 0 Å². The topological polar surface area (TPSA) is 43.4 Å². The molecule has 0 bridgehead atoms. The number of methoxy groups -OCH3 is 2. The summed E-state index contributed by atoms with van der Waals surface area (Å²) in [6.45, 7) is 3.51. The van der Waals surface area contributed by atoms with Crippen LogP contribution in [0.3, 0.4) is 0 Å². The number of ether oxygens (including phenoxy) is 2. The predicted octanol–water partition coefficient (Wildman–Crippen LogP) is 2.79. The first-order valence-electron chi connectivity index (χ1n) is 6.52. The zero-order valence-electron chi connectivity index (χ0n) is 12.1. The Balaban J connectivity index is 2.24. The van der Waals surface area contributed by atoms with Gasteiger partial charge in [-0.05, 0) is 24.1 Å². The number of rotatable bonds is 7. The van der Waals surface area contributed by atoms with Crippen LogP contribution in [0.2, 0.25) is 0 Å². The molecule has 20 heavy (non-hydrogen) atoms. The number of nitrogens with zero attached hydrogens (tertiary/aromatic N) is 1. The molecule has 0 aliphatic rings. The van der Waals surface area contributed by atoms with Gasteiger partial charge in [0.05, 0.1) is 19.8 Å². The first-order chi connectivity index (χ1) is 9.76. The molecule has 0 saturated heterocycles. The minimum absolute atomic E-state index is 0.0924. The molecule has 0 aliphatic carbocycles. The Hall–Kier alpha value is -1.43. The van der Waals surface area contributed by atoms with Gasteiger partial charge >= 0.3 is 0 Å². The Labute approximate surface area is 123 Å². The number of aryl methyl sites for hydroxylation is 1. The van der Waals surface area contributed by atoms with Gasteiger partial charge in [0.15, 0.2) is 0 Å². The average Bonchev–Trinajstić information content (AvgIpc) is 2.97. The Morgan fingerprint density at radius 3 is 2.80 bits per heavy atom. The predicted molar refractivity (Wildman–Crippen MR) is 81.6 cm³/mol. The molecule has 1 heterocycles. The second kappa shape index (κ2) is 7.38. The summed E-state index contributed by atoms with van der Waals surface area (Å²) in [6.07, 6.45) is 1.83. The van der Waals surface area contributed by atoms with E-state index in [4.69, 9.17) is 9.47 Å². The summed E-state index contributed by atoms with van der Waals surface area (Å²) < 4.78 is 10.4. The Morgan fingerprint density at radius 1 is 1.35 bits per heavy atom. The van der Waals surface area contributed by atoms with Crippen LogP contribution in [0.5, 0.6) is 5.75 Å². The summed E-state index contributed by atoms with van der Waals surface area (Å²) in [7, 11) is 3.40. The smallest absolute Gasteiger partial charge is 0.121 e. The van der Waals surface area contributed by atoms with Crippen molar-refractivity contribution in [3.63, 3.8) is 0 Å². The maximum absolute atomic E-state index is 5.32. The third-order valence-electron chi connectivity index (χ3n) is 3.11. The van der Waals surface area contributed by atoms with Crippen LogP contribution in [0.15, 0.2) is 29.8 Å². The highest BCUT2D eigenvalue weighted by molar-refractivity contribution is 7.09. The van der Waals surface area contributed by atoms with E-state index >= 15 is 0 Å². The molecule has 1 N–H and O–H groups in total. The van der Waals surface area contributed by atoms with Crippen molar-refractivity contribution < 1.29 is 9.47 Å². The van der Waals surface area contributed by atoms with Crippen molar-refractivity contribution in [3.8, 4) is 5.75 Å². The van der Waals surface area contributed by atoms with Crippen LogP contribution in [0.1, 0.15) is 22.2 Å². The molecule has 2 aromatic rings. The fraction of sp³-hybridized carbons (Fsp3) is 0.400. The van der Waals surface area contributed by atoms with E-state index in [0.29, 0.717) is 6.61 Å². The SMILES string of the molecule is COCCNC(c1ccc(OC)c(C)c1)c1nccs1. The molecular weight excluding hydrogens is 272 g/mol. The molecule has 1 atom stereocenters. The van der Waals surface area contributed by atoms with Crippen molar-refractivity contribution in [3.05, 3.63) is 45.9 Å². The molecule has 5 heteroatoms. The van der Waals surface area contributed by atoms with Crippen molar-refractivity contribution >= 4 is 11.3 Å². The molecule has 1 aromatic carbocycles. The minimum Gasteiger partial charge on any atom is -0.496 e. The monoisotopic (exact) mass is 292 g/mol. The van der Waals surface area contributed by atoms with E-state index in [2.05, 4.69) is 29.4 Å². The number of thiazole rings is 1. The second-order valence-corrected chi connectivity index (χ2v) is 5.41. The fourth-order valence-corrected chi connectivity index (χ4v) is 2.85. The van der Waals surface area contributed by atoms with Crippen LogP contribution in [-0.4, -0.2) is 32.4 Å². The lowest BCUT2D eigenvalue weighted by molar-refractivity contribution is 0.197. The van der Waals surface area contributed by atoms with Gasteiger partial charge in [0, 0.05) is 25.2 Å². The number of hydrogen-bond acceptors (Lipinski definition) is 5. The summed E-state index contributed by atoms with van der Waals surface area (Å²) in [5.41, 5.74) is 2.31. The normalized spacial score (nSPS) is 12.3. The van der Waals surface area contributed by atoms with E-state index in [-0.39, 0.29) is 6.04 Å². The summed E-state index contributed by atoms with van der Waals surface area (Å²) in [4.78, 5) is 4.43. The largest absolute Gasteiger partial charge is 0.496 e. The second-order valence-electron chi connectivity index (χ2n) is 4.48. The maximum atomic E-state index is 5.32. The third kappa shape index (κ3) is 3.56. The van der Waals surface area contributed by atoms with Gasteiger partial charge < -0.3 is 14.8 Å². The van der Waals surface area contributed by atoms with E-state index in [1.165, 1.54) is 5.56 Å². The van der Waals surface area contributed by atoms with Gasteiger partial charge in [-0.15, -0.1) is 11.3 Å². The van der Waals surface area contributed by atoms with Gasteiger partial charge in [-0.3, -0.25) is 0 Å². The van der Waals surface area contributed by atoms with Crippen molar-refractivity contribution in [2.24, 2.45) is 0 Å². The first kappa shape index (κ1) is 15.0. The van der Waals surface area contributed by atoms with Crippen molar-refractivity contribution in [1.82, 2.24) is 10.3 Å². The zero-order valence-corrected chi connectivity index (χ0v) is 12.9. The molecule has 0 fully saturated rings. The molecular formula is C15H20N2O2S. The highest BCUT2D eigenvalue weighted by Gasteiger charge is 2.16.